The lowest BCUT2D eigenvalue weighted by atomic mass is 10.1. The highest BCUT2D eigenvalue weighted by molar-refractivity contribution is 7.80. The topological polar surface area (TPSA) is 109 Å². The first-order chi connectivity index (χ1) is 9.19. The molecule has 2 N–H and O–H groups in total. The van der Waals surface area contributed by atoms with E-state index in [2.05, 4.69) is 29.9 Å². The number of hydrogen-bond acceptors (Lipinski definition) is 6. The van der Waals surface area contributed by atoms with Crippen molar-refractivity contribution in [1.82, 2.24) is 0 Å². The van der Waals surface area contributed by atoms with Crippen molar-refractivity contribution < 1.29 is 32.0 Å². The first kappa shape index (κ1) is 21.3. The van der Waals surface area contributed by atoms with Gasteiger partial charge in [-0.3, -0.25) is 4.18 Å². The maximum absolute atomic E-state index is 10.9. The van der Waals surface area contributed by atoms with Crippen LogP contribution in [0.15, 0.2) is 12.7 Å². The predicted molar refractivity (Wildman–Crippen MR) is 73.6 cm³/mol. The molecule has 0 aromatic carbocycles. The molecule has 1 atom stereocenters. The molecule has 1 unspecified atom stereocenters. The van der Waals surface area contributed by atoms with Crippen LogP contribution in [0.1, 0.15) is 33.6 Å². The quantitative estimate of drug-likeness (QED) is 0.291. The van der Waals surface area contributed by atoms with Crippen LogP contribution in [0.4, 0.5) is 0 Å². The van der Waals surface area contributed by atoms with Crippen molar-refractivity contribution >= 4 is 16.4 Å². The third-order valence-electron chi connectivity index (χ3n) is 2.54. The Hall–Kier alpha value is -0.960. The number of rotatable bonds is 8. The lowest BCUT2D eigenvalue weighted by molar-refractivity contribution is -0.694. The number of quaternary nitrogens is 1. The van der Waals surface area contributed by atoms with Gasteiger partial charge in [0.15, 0.2) is 0 Å². The van der Waals surface area contributed by atoms with Gasteiger partial charge in [-0.05, 0) is 19.8 Å². The molecule has 8 heteroatoms. The van der Waals surface area contributed by atoms with Gasteiger partial charge in [0.05, 0.1) is 13.2 Å². The second-order valence-electron chi connectivity index (χ2n) is 4.07. The van der Waals surface area contributed by atoms with Gasteiger partial charge < -0.3 is 14.6 Å². The molecular formula is C12H25NO6S. The second kappa shape index (κ2) is 11.8. The van der Waals surface area contributed by atoms with Crippen LogP contribution >= 0.6 is 0 Å². The molecule has 0 aliphatic rings. The normalized spacial score (nSPS) is 12.3. The molecule has 0 rings (SSSR count). The minimum Gasteiger partial charge on any atom is -0.726 e. The van der Waals surface area contributed by atoms with Crippen LogP contribution in [-0.4, -0.2) is 44.7 Å². The number of esters is 1. The smallest absolute Gasteiger partial charge is 0.330 e. The zero-order chi connectivity index (χ0) is 16.2. The Kier molecular flexibility index (Phi) is 12.6. The van der Waals surface area contributed by atoms with E-state index in [1.165, 1.54) is 6.08 Å². The van der Waals surface area contributed by atoms with Crippen LogP contribution in [0.5, 0.6) is 0 Å². The van der Waals surface area contributed by atoms with Gasteiger partial charge in [-0.2, -0.15) is 0 Å². The summed E-state index contributed by atoms with van der Waals surface area (Å²) in [5.74, 6) is -0.338. The highest BCUT2D eigenvalue weighted by atomic mass is 32.3. The van der Waals surface area contributed by atoms with Gasteiger partial charge in [0, 0.05) is 6.08 Å². The molecule has 0 aliphatic heterocycles. The maximum atomic E-state index is 10.9. The molecule has 120 valence electrons. The van der Waals surface area contributed by atoms with Crippen molar-refractivity contribution in [1.29, 1.82) is 0 Å². The van der Waals surface area contributed by atoms with Crippen molar-refractivity contribution in [2.24, 2.45) is 0 Å². The van der Waals surface area contributed by atoms with E-state index in [9.17, 15) is 17.8 Å². The monoisotopic (exact) mass is 311 g/mol. The van der Waals surface area contributed by atoms with E-state index in [0.717, 1.165) is 26.5 Å². The summed E-state index contributed by atoms with van der Waals surface area (Å²) >= 11 is 0. The Labute approximate surface area is 121 Å². The van der Waals surface area contributed by atoms with Gasteiger partial charge >= 0.3 is 5.97 Å². The van der Waals surface area contributed by atoms with Crippen molar-refractivity contribution in [3.8, 4) is 0 Å². The van der Waals surface area contributed by atoms with Crippen LogP contribution in [0.25, 0.3) is 0 Å². The van der Waals surface area contributed by atoms with Gasteiger partial charge in [0.1, 0.15) is 12.6 Å². The van der Waals surface area contributed by atoms with E-state index in [0.29, 0.717) is 6.04 Å². The molecule has 20 heavy (non-hydrogen) atoms. The van der Waals surface area contributed by atoms with Crippen LogP contribution in [0, 0.1) is 0 Å². The van der Waals surface area contributed by atoms with Gasteiger partial charge in [-0.1, -0.05) is 20.4 Å². The van der Waals surface area contributed by atoms with E-state index < -0.39 is 10.4 Å². The van der Waals surface area contributed by atoms with Gasteiger partial charge in [0.25, 0.3) is 0 Å². The van der Waals surface area contributed by atoms with E-state index in [-0.39, 0.29) is 12.1 Å². The lowest BCUT2D eigenvalue weighted by Gasteiger charge is -2.15. The number of ether oxygens (including phenoxy) is 1. The summed E-state index contributed by atoms with van der Waals surface area (Å²) in [5.41, 5.74) is 0. The Bertz CT molecular complexity index is 364. The van der Waals surface area contributed by atoms with Gasteiger partial charge in [-0.15, -0.1) is 0 Å². The van der Waals surface area contributed by atoms with Crippen molar-refractivity contribution in [2.45, 2.75) is 45.8 Å². The molecular weight excluding hydrogens is 286 g/mol. The van der Waals surface area contributed by atoms with Crippen LogP contribution < -0.4 is 5.32 Å². The Balaban J connectivity index is 0. The number of carbonyl (C=O) groups excluding carboxylic acids is 1. The molecule has 0 fully saturated rings. The zero-order valence-electron chi connectivity index (χ0n) is 12.5. The molecule has 7 nitrogen and oxygen atoms in total. The average molecular weight is 311 g/mol. The first-order valence-electron chi connectivity index (χ1n) is 6.37. The Morgan fingerprint density at radius 3 is 2.15 bits per heavy atom. The fraction of sp³-hybridized carbons (Fsp3) is 0.750. The predicted octanol–water partition coefficient (Wildman–Crippen LogP) is -0.0509. The highest BCUT2D eigenvalue weighted by Gasteiger charge is 2.11. The van der Waals surface area contributed by atoms with Crippen molar-refractivity contribution in [3.05, 3.63) is 12.7 Å². The SMILES string of the molecule is C=CC(=O)OC(C)C[NH2+]C(CC)CC.COS(=O)(=O)[O-]. The summed E-state index contributed by atoms with van der Waals surface area (Å²) in [7, 11) is -3.60. The van der Waals surface area contributed by atoms with E-state index in [1.807, 2.05) is 6.92 Å². The van der Waals surface area contributed by atoms with E-state index >= 15 is 0 Å². The Morgan fingerprint density at radius 2 is 1.85 bits per heavy atom. The third kappa shape index (κ3) is 15.1. The summed E-state index contributed by atoms with van der Waals surface area (Å²) in [6, 6.07) is 0.639. The molecule has 0 bridgehead atoms. The highest BCUT2D eigenvalue weighted by Crippen LogP contribution is 1.91. The van der Waals surface area contributed by atoms with Crippen molar-refractivity contribution in [2.75, 3.05) is 13.7 Å². The van der Waals surface area contributed by atoms with Crippen molar-refractivity contribution in [3.63, 3.8) is 0 Å². The molecule has 0 amide bonds. The summed E-state index contributed by atoms with van der Waals surface area (Å²) in [6.07, 6.45) is 3.46. The minimum atomic E-state index is -4.41. The Morgan fingerprint density at radius 1 is 1.40 bits per heavy atom. The fourth-order valence-corrected chi connectivity index (χ4v) is 1.30. The summed E-state index contributed by atoms with van der Waals surface area (Å²) in [4.78, 5) is 10.9. The number of carbonyl (C=O) groups is 1. The first-order valence-corrected chi connectivity index (χ1v) is 7.71. The van der Waals surface area contributed by atoms with E-state index in [1.54, 1.807) is 0 Å². The molecule has 0 saturated carbocycles. The van der Waals surface area contributed by atoms with Gasteiger partial charge in [-0.25, -0.2) is 13.2 Å². The zero-order valence-corrected chi connectivity index (χ0v) is 13.3. The lowest BCUT2D eigenvalue weighted by Crippen LogP contribution is -2.91. The maximum Gasteiger partial charge on any atom is 0.330 e. The molecule has 0 aromatic heterocycles. The van der Waals surface area contributed by atoms with Crippen LogP contribution in [0.2, 0.25) is 0 Å². The average Bonchev–Trinajstić information content (AvgIpc) is 2.39. The standard InChI is InChI=1S/C11H21NO2.CH4O4S/c1-5-10(6-2)12-8-9(4)14-11(13)7-3;1-5-6(2,3)4/h7,9-10,12H,3,5-6,8H2,1-2,4H3;1H3,(H,2,3,4). The largest absolute Gasteiger partial charge is 0.726 e. The molecule has 0 spiro atoms. The molecule has 0 aliphatic carbocycles. The summed E-state index contributed by atoms with van der Waals surface area (Å²) in [6.45, 7) is 10.4. The second-order valence-corrected chi connectivity index (χ2v) is 5.22. The molecule has 0 saturated heterocycles. The van der Waals surface area contributed by atoms with E-state index in [4.69, 9.17) is 4.74 Å². The molecule has 0 radical (unpaired) electrons. The number of hydrogen-bond donors (Lipinski definition) is 1. The van der Waals surface area contributed by atoms with Gasteiger partial charge in [0.2, 0.25) is 10.4 Å². The third-order valence-corrected chi connectivity index (χ3v) is 2.95. The minimum absolute atomic E-state index is 0.0406. The fourth-order valence-electron chi connectivity index (χ4n) is 1.30. The molecule has 0 aromatic rings. The van der Waals surface area contributed by atoms with Crippen LogP contribution in [-0.2, 0) is 24.1 Å². The summed E-state index contributed by atoms with van der Waals surface area (Å²) in [5, 5.41) is 2.24. The van der Waals surface area contributed by atoms with Crippen LogP contribution in [0.3, 0.4) is 0 Å². The molecule has 0 heterocycles. The summed E-state index contributed by atoms with van der Waals surface area (Å²) < 4.78 is 36.1. The number of nitrogens with two attached hydrogens (primary N) is 1.